The molecule has 2 N–H and O–H groups in total. The van der Waals surface area contributed by atoms with Crippen LogP contribution in [0.4, 0.5) is 4.79 Å². The Bertz CT molecular complexity index is 207. The highest BCUT2D eigenvalue weighted by Crippen LogP contribution is 2.39. The molecule has 0 aromatic carbocycles. The zero-order chi connectivity index (χ0) is 14.6. The topological polar surface area (TPSA) is 49.3 Å². The van der Waals surface area contributed by atoms with E-state index in [1.807, 2.05) is 0 Å². The Kier molecular flexibility index (Phi) is 10.7. The number of nitrogens with one attached hydrogen (secondary N) is 1. The van der Waals surface area contributed by atoms with Gasteiger partial charge in [0, 0.05) is 6.54 Å². The van der Waals surface area contributed by atoms with Crippen LogP contribution in [-0.4, -0.2) is 17.7 Å². The highest BCUT2D eigenvalue weighted by molar-refractivity contribution is 5.64. The molecule has 3 nitrogen and oxygen atoms in total. The van der Waals surface area contributed by atoms with Crippen LogP contribution in [0.5, 0.6) is 0 Å². The molecule has 3 heteroatoms. The van der Waals surface area contributed by atoms with Crippen LogP contribution >= 0.6 is 0 Å². The average molecular weight is 271 g/mol. The van der Waals surface area contributed by atoms with Gasteiger partial charge >= 0.3 is 6.09 Å². The van der Waals surface area contributed by atoms with Gasteiger partial charge in [0.1, 0.15) is 0 Å². The van der Waals surface area contributed by atoms with Gasteiger partial charge in [0.15, 0.2) is 0 Å². The Morgan fingerprint density at radius 2 is 1.32 bits per heavy atom. The van der Waals surface area contributed by atoms with E-state index < -0.39 is 6.09 Å². The number of hydrogen-bond donors (Lipinski definition) is 2. The van der Waals surface area contributed by atoms with Gasteiger partial charge in [0.2, 0.25) is 0 Å². The van der Waals surface area contributed by atoms with E-state index >= 15 is 0 Å². The van der Waals surface area contributed by atoms with Crippen molar-refractivity contribution in [3.63, 3.8) is 0 Å². The van der Waals surface area contributed by atoms with Crippen LogP contribution in [0, 0.1) is 5.41 Å². The second-order valence-corrected chi connectivity index (χ2v) is 5.79. The summed E-state index contributed by atoms with van der Waals surface area (Å²) in [5.74, 6) is 0. The summed E-state index contributed by atoms with van der Waals surface area (Å²) in [6, 6.07) is 0. The van der Waals surface area contributed by atoms with Gasteiger partial charge in [-0.25, -0.2) is 4.79 Å². The first-order valence-corrected chi connectivity index (χ1v) is 8.07. The Labute approximate surface area is 119 Å². The third-order valence-electron chi connectivity index (χ3n) is 4.11. The molecule has 0 bridgehead atoms. The standard InChI is InChI=1S/C16H33NO2/c1-4-7-10-16(11-8-5-2,12-9-6-3)13-14-17-15(18)19/h17H,4-14H2,1-3H3,(H,18,19). The van der Waals surface area contributed by atoms with Gasteiger partial charge in [-0.1, -0.05) is 59.3 Å². The average Bonchev–Trinajstić information content (AvgIpc) is 2.39. The van der Waals surface area contributed by atoms with Crippen molar-refractivity contribution in [2.45, 2.75) is 85.0 Å². The fourth-order valence-electron chi connectivity index (χ4n) is 2.84. The molecule has 0 saturated heterocycles. The lowest BCUT2D eigenvalue weighted by Crippen LogP contribution is -2.30. The van der Waals surface area contributed by atoms with Gasteiger partial charge in [-0.15, -0.1) is 0 Å². The normalized spacial score (nSPS) is 11.5. The lowest BCUT2D eigenvalue weighted by Gasteiger charge is -2.34. The lowest BCUT2D eigenvalue weighted by molar-refractivity contribution is 0.170. The molecule has 0 saturated carbocycles. The van der Waals surface area contributed by atoms with Gasteiger partial charge in [-0.3, -0.25) is 0 Å². The van der Waals surface area contributed by atoms with Gasteiger partial charge in [0.25, 0.3) is 0 Å². The smallest absolute Gasteiger partial charge is 0.404 e. The third-order valence-corrected chi connectivity index (χ3v) is 4.11. The predicted octanol–water partition coefficient (Wildman–Crippen LogP) is 5.20. The molecule has 0 atom stereocenters. The molecule has 0 fully saturated rings. The molecule has 0 aromatic rings. The molecule has 114 valence electrons. The van der Waals surface area contributed by atoms with Gasteiger partial charge < -0.3 is 10.4 Å². The minimum absolute atomic E-state index is 0.366. The molecule has 0 spiro atoms. The van der Waals surface area contributed by atoms with Crippen LogP contribution in [0.15, 0.2) is 0 Å². The van der Waals surface area contributed by atoms with Crippen molar-refractivity contribution in [1.82, 2.24) is 5.32 Å². The second-order valence-electron chi connectivity index (χ2n) is 5.79. The van der Waals surface area contributed by atoms with E-state index in [4.69, 9.17) is 5.11 Å². The zero-order valence-electron chi connectivity index (χ0n) is 13.1. The van der Waals surface area contributed by atoms with E-state index in [-0.39, 0.29) is 0 Å². The molecule has 0 aromatic heterocycles. The number of carbonyl (C=O) groups is 1. The van der Waals surface area contributed by atoms with E-state index in [1.54, 1.807) is 0 Å². The first-order valence-electron chi connectivity index (χ1n) is 8.07. The zero-order valence-corrected chi connectivity index (χ0v) is 13.1. The molecule has 0 aliphatic carbocycles. The fourth-order valence-corrected chi connectivity index (χ4v) is 2.84. The molecule has 0 aliphatic heterocycles. The summed E-state index contributed by atoms with van der Waals surface area (Å²) >= 11 is 0. The Morgan fingerprint density at radius 1 is 0.895 bits per heavy atom. The van der Waals surface area contributed by atoms with Gasteiger partial charge in [-0.2, -0.15) is 0 Å². The highest BCUT2D eigenvalue weighted by Gasteiger charge is 2.27. The summed E-state index contributed by atoms with van der Waals surface area (Å²) in [7, 11) is 0. The summed E-state index contributed by atoms with van der Waals surface area (Å²) in [5, 5.41) is 11.3. The summed E-state index contributed by atoms with van der Waals surface area (Å²) < 4.78 is 0. The van der Waals surface area contributed by atoms with E-state index in [1.165, 1.54) is 57.8 Å². The number of rotatable bonds is 12. The van der Waals surface area contributed by atoms with Gasteiger partial charge in [-0.05, 0) is 31.1 Å². The third kappa shape index (κ3) is 8.90. The summed E-state index contributed by atoms with van der Waals surface area (Å²) in [6.45, 7) is 7.31. The monoisotopic (exact) mass is 271 g/mol. The van der Waals surface area contributed by atoms with Crippen LogP contribution < -0.4 is 5.32 Å². The van der Waals surface area contributed by atoms with Crippen molar-refractivity contribution in [3.8, 4) is 0 Å². The second kappa shape index (κ2) is 11.1. The first-order chi connectivity index (χ1) is 9.10. The summed E-state index contributed by atoms with van der Waals surface area (Å²) in [5.41, 5.74) is 0.366. The molecule has 19 heavy (non-hydrogen) atoms. The summed E-state index contributed by atoms with van der Waals surface area (Å²) in [6.07, 6.45) is 11.3. The lowest BCUT2D eigenvalue weighted by atomic mass is 9.72. The maximum absolute atomic E-state index is 10.6. The Morgan fingerprint density at radius 3 is 1.63 bits per heavy atom. The van der Waals surface area contributed by atoms with E-state index in [2.05, 4.69) is 26.1 Å². The SMILES string of the molecule is CCCCC(CCCC)(CCCC)CCNC(=O)O. The Balaban J connectivity index is 4.51. The number of carboxylic acid groups (broad SMARTS) is 1. The molecular formula is C16H33NO2. The van der Waals surface area contributed by atoms with Crippen molar-refractivity contribution >= 4 is 6.09 Å². The minimum Gasteiger partial charge on any atom is -0.465 e. The maximum Gasteiger partial charge on any atom is 0.404 e. The van der Waals surface area contributed by atoms with E-state index in [0.717, 1.165) is 6.42 Å². The quantitative estimate of drug-likeness (QED) is 0.512. The van der Waals surface area contributed by atoms with E-state index in [9.17, 15) is 4.79 Å². The van der Waals surface area contributed by atoms with Crippen molar-refractivity contribution in [3.05, 3.63) is 0 Å². The van der Waals surface area contributed by atoms with Crippen molar-refractivity contribution < 1.29 is 9.90 Å². The minimum atomic E-state index is -0.893. The molecule has 1 amide bonds. The van der Waals surface area contributed by atoms with E-state index in [0.29, 0.717) is 12.0 Å². The number of hydrogen-bond acceptors (Lipinski definition) is 1. The molecule has 0 radical (unpaired) electrons. The maximum atomic E-state index is 10.6. The molecule has 0 rings (SSSR count). The first kappa shape index (κ1) is 18.3. The molecule has 0 unspecified atom stereocenters. The Hall–Kier alpha value is -0.730. The predicted molar refractivity (Wildman–Crippen MR) is 81.7 cm³/mol. The van der Waals surface area contributed by atoms with Crippen LogP contribution in [0.2, 0.25) is 0 Å². The van der Waals surface area contributed by atoms with Crippen molar-refractivity contribution in [1.29, 1.82) is 0 Å². The van der Waals surface area contributed by atoms with Crippen LogP contribution in [-0.2, 0) is 0 Å². The van der Waals surface area contributed by atoms with Crippen molar-refractivity contribution in [2.75, 3.05) is 6.54 Å². The highest BCUT2D eigenvalue weighted by atomic mass is 16.4. The van der Waals surface area contributed by atoms with Gasteiger partial charge in [0.05, 0.1) is 0 Å². The van der Waals surface area contributed by atoms with Crippen LogP contribution in [0.1, 0.15) is 85.0 Å². The molecule has 0 heterocycles. The molecule has 0 aliphatic rings. The van der Waals surface area contributed by atoms with Crippen LogP contribution in [0.3, 0.4) is 0 Å². The molecular weight excluding hydrogens is 238 g/mol. The number of unbranched alkanes of at least 4 members (excludes halogenated alkanes) is 3. The largest absolute Gasteiger partial charge is 0.465 e. The summed E-state index contributed by atoms with van der Waals surface area (Å²) in [4.78, 5) is 10.6. The van der Waals surface area contributed by atoms with Crippen LogP contribution in [0.25, 0.3) is 0 Å². The number of amides is 1. The van der Waals surface area contributed by atoms with Crippen molar-refractivity contribution in [2.24, 2.45) is 5.41 Å². The fraction of sp³-hybridized carbons (Fsp3) is 0.938.